The van der Waals surface area contributed by atoms with Gasteiger partial charge in [-0.25, -0.2) is 4.79 Å². The van der Waals surface area contributed by atoms with Crippen LogP contribution in [-0.2, 0) is 22.4 Å². The van der Waals surface area contributed by atoms with Crippen molar-refractivity contribution in [3.63, 3.8) is 0 Å². The molecule has 0 spiro atoms. The van der Waals surface area contributed by atoms with Gasteiger partial charge in [-0.3, -0.25) is 4.79 Å². The largest absolute Gasteiger partial charge is 0.451 e. The second kappa shape index (κ2) is 8.23. The van der Waals surface area contributed by atoms with E-state index in [0.717, 1.165) is 24.8 Å². The van der Waals surface area contributed by atoms with E-state index >= 15 is 0 Å². The van der Waals surface area contributed by atoms with Crippen LogP contribution in [0.25, 0.3) is 0 Å². The van der Waals surface area contributed by atoms with Crippen molar-refractivity contribution < 1.29 is 14.3 Å². The average Bonchev–Trinajstić information content (AvgIpc) is 3.03. The number of esters is 1. The third kappa shape index (κ3) is 4.46. The monoisotopic (exact) mass is 391 g/mol. The van der Waals surface area contributed by atoms with Gasteiger partial charge in [0, 0.05) is 9.90 Å². The van der Waals surface area contributed by atoms with Crippen LogP contribution in [-0.4, -0.2) is 18.5 Å². The zero-order chi connectivity index (χ0) is 18.7. The summed E-state index contributed by atoms with van der Waals surface area (Å²) in [6.07, 6.45) is 3.18. The molecule has 1 heterocycles. The van der Waals surface area contributed by atoms with Crippen LogP contribution in [0.5, 0.6) is 0 Å². The summed E-state index contributed by atoms with van der Waals surface area (Å²) in [5.41, 5.74) is 2.08. The second-order valence-electron chi connectivity index (χ2n) is 6.79. The first-order valence-corrected chi connectivity index (χ1v) is 9.96. The van der Waals surface area contributed by atoms with Crippen molar-refractivity contribution in [1.82, 2.24) is 5.32 Å². The predicted octanol–water partition coefficient (Wildman–Crippen LogP) is 4.56. The maximum Gasteiger partial charge on any atom is 0.348 e. The van der Waals surface area contributed by atoms with Crippen LogP contribution in [0.1, 0.15) is 52.0 Å². The lowest BCUT2D eigenvalue weighted by atomic mass is 9.90. The Hall–Kier alpha value is -1.85. The smallest absolute Gasteiger partial charge is 0.348 e. The Labute approximate surface area is 162 Å². The van der Waals surface area contributed by atoms with Crippen molar-refractivity contribution in [3.8, 4) is 0 Å². The van der Waals surface area contributed by atoms with Gasteiger partial charge >= 0.3 is 5.97 Å². The van der Waals surface area contributed by atoms with Crippen LogP contribution >= 0.6 is 22.9 Å². The molecule has 1 aromatic carbocycles. The van der Waals surface area contributed by atoms with E-state index < -0.39 is 5.97 Å². The number of benzene rings is 1. The highest BCUT2D eigenvalue weighted by Crippen LogP contribution is 2.32. The number of rotatable bonds is 5. The molecular formula is C20H22ClNO3S. The van der Waals surface area contributed by atoms with E-state index in [1.807, 2.05) is 31.2 Å². The van der Waals surface area contributed by atoms with E-state index in [9.17, 15) is 9.59 Å². The minimum atomic E-state index is -0.433. The van der Waals surface area contributed by atoms with Crippen molar-refractivity contribution in [3.05, 3.63) is 56.2 Å². The van der Waals surface area contributed by atoms with Crippen LogP contribution in [0.4, 0.5) is 0 Å². The lowest BCUT2D eigenvalue weighted by molar-refractivity contribution is -0.124. The number of hydrogen-bond donors (Lipinski definition) is 1. The number of fused-ring (bicyclic) bond motifs is 1. The molecule has 138 valence electrons. The molecule has 0 aliphatic heterocycles. The van der Waals surface area contributed by atoms with Gasteiger partial charge in [0.05, 0.1) is 6.04 Å². The molecule has 26 heavy (non-hydrogen) atoms. The SMILES string of the molecule is C[C@@H]1CCc2sc(C(=O)OCC(=O)N[C@H](C)c3ccccc3Cl)cc2C1. The number of hydrogen-bond acceptors (Lipinski definition) is 4. The van der Waals surface area contributed by atoms with E-state index in [4.69, 9.17) is 16.3 Å². The maximum absolute atomic E-state index is 12.2. The molecule has 0 bridgehead atoms. The summed E-state index contributed by atoms with van der Waals surface area (Å²) >= 11 is 7.62. The highest BCUT2D eigenvalue weighted by Gasteiger charge is 2.22. The molecule has 4 nitrogen and oxygen atoms in total. The van der Waals surface area contributed by atoms with Gasteiger partial charge in [0.15, 0.2) is 6.61 Å². The Morgan fingerprint density at radius 2 is 2.15 bits per heavy atom. The van der Waals surface area contributed by atoms with Crippen molar-refractivity contribution >= 4 is 34.8 Å². The first-order valence-electron chi connectivity index (χ1n) is 8.76. The number of ether oxygens (including phenoxy) is 1. The lowest BCUT2D eigenvalue weighted by Crippen LogP contribution is -2.31. The van der Waals surface area contributed by atoms with Gasteiger partial charge in [0.2, 0.25) is 0 Å². The zero-order valence-corrected chi connectivity index (χ0v) is 16.5. The van der Waals surface area contributed by atoms with Crippen LogP contribution < -0.4 is 5.32 Å². The molecule has 0 unspecified atom stereocenters. The summed E-state index contributed by atoms with van der Waals surface area (Å²) in [6.45, 7) is 3.77. The fraction of sp³-hybridized carbons (Fsp3) is 0.400. The molecule has 2 atom stereocenters. The molecule has 3 rings (SSSR count). The summed E-state index contributed by atoms with van der Waals surface area (Å²) in [6, 6.07) is 9.00. The number of amides is 1. The summed E-state index contributed by atoms with van der Waals surface area (Å²) in [4.78, 5) is 26.2. The lowest BCUT2D eigenvalue weighted by Gasteiger charge is -2.16. The van der Waals surface area contributed by atoms with Crippen molar-refractivity contribution in [2.75, 3.05) is 6.61 Å². The quantitative estimate of drug-likeness (QED) is 0.760. The average molecular weight is 392 g/mol. The van der Waals surface area contributed by atoms with E-state index in [0.29, 0.717) is 15.8 Å². The van der Waals surface area contributed by atoms with E-state index in [2.05, 4.69) is 12.2 Å². The third-order valence-electron chi connectivity index (χ3n) is 4.61. The van der Waals surface area contributed by atoms with Crippen LogP contribution in [0, 0.1) is 5.92 Å². The predicted molar refractivity (Wildman–Crippen MR) is 104 cm³/mol. The summed E-state index contributed by atoms with van der Waals surface area (Å²) in [5, 5.41) is 3.39. The number of aryl methyl sites for hydroxylation is 1. The van der Waals surface area contributed by atoms with Crippen molar-refractivity contribution in [2.45, 2.75) is 39.2 Å². The molecule has 6 heteroatoms. The first kappa shape index (κ1) is 18.9. The van der Waals surface area contributed by atoms with E-state index in [-0.39, 0.29) is 18.6 Å². The van der Waals surface area contributed by atoms with Gasteiger partial charge in [-0.15, -0.1) is 11.3 Å². The zero-order valence-electron chi connectivity index (χ0n) is 14.9. The Morgan fingerprint density at radius 1 is 1.38 bits per heavy atom. The third-order valence-corrected chi connectivity index (χ3v) is 6.18. The molecule has 1 aliphatic carbocycles. The fourth-order valence-corrected chi connectivity index (χ4v) is 4.60. The van der Waals surface area contributed by atoms with Crippen LogP contribution in [0.15, 0.2) is 30.3 Å². The Balaban J connectivity index is 1.53. The standard InChI is InChI=1S/C20H22ClNO3S/c1-12-7-8-17-14(9-12)10-18(26-17)20(24)25-11-19(23)22-13(2)15-5-3-4-6-16(15)21/h3-6,10,12-13H,7-9,11H2,1-2H3,(H,22,23)/t12-,13-/m1/s1. The van der Waals surface area contributed by atoms with Gasteiger partial charge in [-0.05, 0) is 55.4 Å². The van der Waals surface area contributed by atoms with Gasteiger partial charge in [0.1, 0.15) is 4.88 Å². The normalized spacial score (nSPS) is 17.3. The Morgan fingerprint density at radius 3 is 2.92 bits per heavy atom. The number of thiophene rings is 1. The molecule has 2 aromatic rings. The van der Waals surface area contributed by atoms with Gasteiger partial charge in [0.25, 0.3) is 5.91 Å². The van der Waals surface area contributed by atoms with Crippen molar-refractivity contribution in [1.29, 1.82) is 0 Å². The van der Waals surface area contributed by atoms with Crippen molar-refractivity contribution in [2.24, 2.45) is 5.92 Å². The van der Waals surface area contributed by atoms with E-state index in [1.54, 1.807) is 6.07 Å². The highest BCUT2D eigenvalue weighted by molar-refractivity contribution is 7.14. The molecule has 1 aliphatic rings. The second-order valence-corrected chi connectivity index (χ2v) is 8.34. The summed E-state index contributed by atoms with van der Waals surface area (Å²) in [5.74, 6) is -0.128. The fourth-order valence-electron chi connectivity index (χ4n) is 3.20. The van der Waals surface area contributed by atoms with Crippen LogP contribution in [0.3, 0.4) is 0 Å². The summed E-state index contributed by atoms with van der Waals surface area (Å²) in [7, 11) is 0. The number of carbonyl (C=O) groups is 2. The molecule has 0 saturated heterocycles. The minimum absolute atomic E-state index is 0.259. The number of nitrogens with one attached hydrogen (secondary N) is 1. The molecular weight excluding hydrogens is 370 g/mol. The first-order chi connectivity index (χ1) is 12.4. The van der Waals surface area contributed by atoms with Crippen LogP contribution in [0.2, 0.25) is 5.02 Å². The van der Waals surface area contributed by atoms with Gasteiger partial charge in [-0.2, -0.15) is 0 Å². The molecule has 0 radical (unpaired) electrons. The molecule has 1 amide bonds. The summed E-state index contributed by atoms with van der Waals surface area (Å²) < 4.78 is 5.19. The van der Waals surface area contributed by atoms with Gasteiger partial charge in [-0.1, -0.05) is 36.7 Å². The Bertz CT molecular complexity index is 817. The molecule has 0 fully saturated rings. The molecule has 1 aromatic heterocycles. The molecule has 1 N–H and O–H groups in total. The van der Waals surface area contributed by atoms with E-state index in [1.165, 1.54) is 21.8 Å². The Kier molecular flexibility index (Phi) is 5.99. The molecule has 0 saturated carbocycles. The minimum Gasteiger partial charge on any atom is -0.451 e. The topological polar surface area (TPSA) is 55.4 Å². The maximum atomic E-state index is 12.2. The number of halogens is 1. The highest BCUT2D eigenvalue weighted by atomic mass is 35.5. The number of carbonyl (C=O) groups excluding carboxylic acids is 2. The van der Waals surface area contributed by atoms with Gasteiger partial charge < -0.3 is 10.1 Å².